The topological polar surface area (TPSA) is 70.2 Å². The summed E-state index contributed by atoms with van der Waals surface area (Å²) in [6.45, 7) is 4.41. The van der Waals surface area contributed by atoms with Gasteiger partial charge in [0.2, 0.25) is 0 Å². The maximum absolute atomic E-state index is 14.2. The summed E-state index contributed by atoms with van der Waals surface area (Å²) in [6.07, 6.45) is 2.12. The summed E-state index contributed by atoms with van der Waals surface area (Å²) in [5.41, 5.74) is 2.33. The number of ether oxygens (including phenoxy) is 1. The Morgan fingerprint density at radius 2 is 2.07 bits per heavy atom. The molecule has 0 unspecified atom stereocenters. The van der Waals surface area contributed by atoms with Gasteiger partial charge in [-0.1, -0.05) is 24.3 Å². The van der Waals surface area contributed by atoms with E-state index >= 15 is 0 Å². The molecule has 6 nitrogen and oxygen atoms in total. The molecule has 2 heterocycles. The van der Waals surface area contributed by atoms with Crippen molar-refractivity contribution < 1.29 is 13.9 Å². The quantitative estimate of drug-likeness (QED) is 0.626. The number of hydrogen-bond donors (Lipinski definition) is 2. The van der Waals surface area contributed by atoms with Gasteiger partial charge in [0.05, 0.1) is 12.1 Å². The number of carbonyl (C=O) groups excluding carboxylic acids is 1. The fraction of sp³-hybridized carbons (Fsp3) is 0.391. The minimum Gasteiger partial charge on any atom is -0.383 e. The maximum Gasteiger partial charge on any atom is 0.272 e. The van der Waals surface area contributed by atoms with Crippen LogP contribution in [0.15, 0.2) is 42.5 Å². The van der Waals surface area contributed by atoms with Crippen molar-refractivity contribution in [2.75, 3.05) is 39.9 Å². The molecule has 1 aliphatic rings. The normalized spacial score (nSPS) is 15.5. The SMILES string of the molecule is COCCN1CCC(CNC(=O)c2n[nH]c3ccc(-c4ccccc4F)cc23)CC1. The molecule has 4 rings (SSSR count). The summed E-state index contributed by atoms with van der Waals surface area (Å²) >= 11 is 0. The molecule has 0 atom stereocenters. The number of aromatic amines is 1. The van der Waals surface area contributed by atoms with E-state index in [1.165, 1.54) is 6.07 Å². The van der Waals surface area contributed by atoms with E-state index in [4.69, 9.17) is 4.74 Å². The highest BCUT2D eigenvalue weighted by Crippen LogP contribution is 2.27. The van der Waals surface area contributed by atoms with E-state index in [0.29, 0.717) is 29.1 Å². The molecule has 158 valence electrons. The van der Waals surface area contributed by atoms with Crippen LogP contribution >= 0.6 is 0 Å². The van der Waals surface area contributed by atoms with Crippen LogP contribution in [0.3, 0.4) is 0 Å². The highest BCUT2D eigenvalue weighted by Gasteiger charge is 2.21. The molecule has 0 aliphatic carbocycles. The lowest BCUT2D eigenvalue weighted by Gasteiger charge is -2.31. The molecule has 1 aromatic heterocycles. The molecule has 3 aromatic rings. The zero-order valence-corrected chi connectivity index (χ0v) is 17.2. The van der Waals surface area contributed by atoms with Crippen LogP contribution in [0.5, 0.6) is 0 Å². The van der Waals surface area contributed by atoms with Crippen LogP contribution in [0.2, 0.25) is 0 Å². The van der Waals surface area contributed by atoms with E-state index in [0.717, 1.165) is 50.2 Å². The van der Waals surface area contributed by atoms with Crippen LogP contribution in [-0.2, 0) is 4.74 Å². The zero-order valence-electron chi connectivity index (χ0n) is 17.2. The van der Waals surface area contributed by atoms with Gasteiger partial charge in [-0.25, -0.2) is 4.39 Å². The van der Waals surface area contributed by atoms with Gasteiger partial charge in [-0.3, -0.25) is 9.89 Å². The molecular weight excluding hydrogens is 383 g/mol. The summed E-state index contributed by atoms with van der Waals surface area (Å²) in [6, 6.07) is 12.1. The van der Waals surface area contributed by atoms with Crippen molar-refractivity contribution in [1.82, 2.24) is 20.4 Å². The van der Waals surface area contributed by atoms with Crippen molar-refractivity contribution in [3.05, 3.63) is 54.0 Å². The Labute approximate surface area is 175 Å². The standard InChI is InChI=1S/C23H27FN4O2/c1-30-13-12-28-10-8-16(9-11-28)15-25-23(29)22-19-14-17(6-7-21(19)26-27-22)18-4-2-3-5-20(18)24/h2-7,14,16H,8-13,15H2,1H3,(H,25,29)(H,26,27). The highest BCUT2D eigenvalue weighted by molar-refractivity contribution is 6.05. The van der Waals surface area contributed by atoms with Crippen LogP contribution in [0.4, 0.5) is 4.39 Å². The van der Waals surface area contributed by atoms with Gasteiger partial charge in [-0.2, -0.15) is 5.10 Å². The second-order valence-electron chi connectivity index (χ2n) is 7.80. The number of aromatic nitrogens is 2. The number of fused-ring (bicyclic) bond motifs is 1. The number of hydrogen-bond acceptors (Lipinski definition) is 4. The smallest absolute Gasteiger partial charge is 0.272 e. The van der Waals surface area contributed by atoms with Crippen LogP contribution in [0.25, 0.3) is 22.0 Å². The predicted molar refractivity (Wildman–Crippen MR) is 115 cm³/mol. The van der Waals surface area contributed by atoms with Crippen molar-refractivity contribution in [2.45, 2.75) is 12.8 Å². The van der Waals surface area contributed by atoms with Crippen LogP contribution in [0, 0.1) is 11.7 Å². The molecule has 1 aliphatic heterocycles. The van der Waals surface area contributed by atoms with E-state index in [-0.39, 0.29) is 11.7 Å². The van der Waals surface area contributed by atoms with E-state index in [1.807, 2.05) is 18.2 Å². The number of halogens is 1. The van der Waals surface area contributed by atoms with Gasteiger partial charge in [0.15, 0.2) is 5.69 Å². The van der Waals surface area contributed by atoms with Crippen LogP contribution in [-0.4, -0.2) is 60.9 Å². The van der Waals surface area contributed by atoms with Gasteiger partial charge in [-0.05, 0) is 55.6 Å². The van der Waals surface area contributed by atoms with E-state index in [2.05, 4.69) is 20.4 Å². The molecule has 0 saturated carbocycles. The van der Waals surface area contributed by atoms with Crippen molar-refractivity contribution >= 4 is 16.8 Å². The number of nitrogens with one attached hydrogen (secondary N) is 2. The molecule has 2 N–H and O–H groups in total. The number of likely N-dealkylation sites (tertiary alicyclic amines) is 1. The maximum atomic E-state index is 14.2. The summed E-state index contributed by atoms with van der Waals surface area (Å²) < 4.78 is 19.3. The Bertz CT molecular complexity index is 1010. The minimum atomic E-state index is -0.289. The summed E-state index contributed by atoms with van der Waals surface area (Å²) in [5.74, 6) is -0.0242. The number of benzene rings is 2. The number of amides is 1. The van der Waals surface area contributed by atoms with E-state index < -0.39 is 0 Å². The third-order valence-corrected chi connectivity index (χ3v) is 5.83. The third-order valence-electron chi connectivity index (χ3n) is 5.83. The van der Waals surface area contributed by atoms with Crippen molar-refractivity contribution in [2.24, 2.45) is 5.92 Å². The lowest BCUT2D eigenvalue weighted by atomic mass is 9.96. The zero-order chi connectivity index (χ0) is 20.9. The van der Waals surface area contributed by atoms with Gasteiger partial charge < -0.3 is 15.0 Å². The summed E-state index contributed by atoms with van der Waals surface area (Å²) in [4.78, 5) is 15.2. The number of methoxy groups -OCH3 is 1. The predicted octanol–water partition coefficient (Wildman–Crippen LogP) is 3.46. The Morgan fingerprint density at radius 1 is 1.27 bits per heavy atom. The molecule has 30 heavy (non-hydrogen) atoms. The average molecular weight is 410 g/mol. The first kappa shape index (κ1) is 20.5. The Balaban J connectivity index is 1.41. The molecule has 1 amide bonds. The van der Waals surface area contributed by atoms with Gasteiger partial charge in [0, 0.05) is 31.1 Å². The Morgan fingerprint density at radius 3 is 2.83 bits per heavy atom. The minimum absolute atomic E-state index is 0.200. The molecular formula is C23H27FN4O2. The number of H-pyrrole nitrogens is 1. The van der Waals surface area contributed by atoms with E-state index in [9.17, 15) is 9.18 Å². The first-order valence-corrected chi connectivity index (χ1v) is 10.4. The fourth-order valence-electron chi connectivity index (χ4n) is 4.01. The average Bonchev–Trinajstić information content (AvgIpc) is 3.20. The molecule has 2 aromatic carbocycles. The van der Waals surface area contributed by atoms with Crippen molar-refractivity contribution in [1.29, 1.82) is 0 Å². The first-order valence-electron chi connectivity index (χ1n) is 10.4. The molecule has 1 saturated heterocycles. The second-order valence-corrected chi connectivity index (χ2v) is 7.80. The Kier molecular flexibility index (Phi) is 6.40. The summed E-state index contributed by atoms with van der Waals surface area (Å²) in [5, 5.41) is 10.8. The lowest BCUT2D eigenvalue weighted by Crippen LogP contribution is -2.39. The monoisotopic (exact) mass is 410 g/mol. The lowest BCUT2D eigenvalue weighted by molar-refractivity contribution is 0.0922. The number of nitrogens with zero attached hydrogens (tertiary/aromatic N) is 2. The van der Waals surface area contributed by atoms with Gasteiger partial charge in [0.1, 0.15) is 5.82 Å². The van der Waals surface area contributed by atoms with E-state index in [1.54, 1.807) is 25.3 Å². The Hall–Kier alpha value is -2.77. The largest absolute Gasteiger partial charge is 0.383 e. The third kappa shape index (κ3) is 4.52. The molecule has 0 spiro atoms. The number of piperidine rings is 1. The summed E-state index contributed by atoms with van der Waals surface area (Å²) in [7, 11) is 1.72. The van der Waals surface area contributed by atoms with Crippen molar-refractivity contribution in [3.63, 3.8) is 0 Å². The molecule has 1 fully saturated rings. The highest BCUT2D eigenvalue weighted by atomic mass is 19.1. The second kappa shape index (κ2) is 9.36. The molecule has 7 heteroatoms. The first-order chi connectivity index (χ1) is 14.7. The van der Waals surface area contributed by atoms with Gasteiger partial charge >= 0.3 is 0 Å². The van der Waals surface area contributed by atoms with Gasteiger partial charge in [0.25, 0.3) is 5.91 Å². The van der Waals surface area contributed by atoms with Crippen LogP contribution < -0.4 is 5.32 Å². The fourth-order valence-corrected chi connectivity index (χ4v) is 4.01. The number of carbonyl (C=O) groups is 1. The van der Waals surface area contributed by atoms with Gasteiger partial charge in [-0.15, -0.1) is 0 Å². The molecule has 0 bridgehead atoms. The van der Waals surface area contributed by atoms with Crippen molar-refractivity contribution in [3.8, 4) is 11.1 Å². The molecule has 0 radical (unpaired) electrons. The van der Waals surface area contributed by atoms with Crippen LogP contribution in [0.1, 0.15) is 23.3 Å². The number of rotatable bonds is 7.